The quantitative estimate of drug-likeness (QED) is 0.707. The van der Waals surface area contributed by atoms with E-state index in [1.807, 2.05) is 22.7 Å². The van der Waals surface area contributed by atoms with Gasteiger partial charge in [-0.2, -0.15) is 0 Å². The molecule has 2 aromatic heterocycles. The smallest absolute Gasteiger partial charge is 0.139 e. The predicted molar refractivity (Wildman–Crippen MR) is 93.8 cm³/mol. The molecule has 2 heterocycles. The van der Waals surface area contributed by atoms with Gasteiger partial charge in [0.1, 0.15) is 17.2 Å². The normalized spacial score (nSPS) is 11.9. The Morgan fingerprint density at radius 3 is 2.36 bits per heavy atom. The van der Waals surface area contributed by atoms with Crippen molar-refractivity contribution in [2.75, 3.05) is 5.32 Å². The van der Waals surface area contributed by atoms with Gasteiger partial charge in [-0.1, -0.05) is 41.4 Å². The molecule has 22 heavy (non-hydrogen) atoms. The number of fused-ring (bicyclic) bond motifs is 1. The van der Waals surface area contributed by atoms with Crippen molar-refractivity contribution in [3.8, 4) is 11.3 Å². The third-order valence-electron chi connectivity index (χ3n) is 3.40. The van der Waals surface area contributed by atoms with Crippen LogP contribution in [0.4, 0.5) is 5.82 Å². The molecule has 0 bridgehead atoms. The van der Waals surface area contributed by atoms with Crippen LogP contribution in [0.3, 0.4) is 0 Å². The van der Waals surface area contributed by atoms with E-state index in [4.69, 9.17) is 16.6 Å². The van der Waals surface area contributed by atoms with Crippen molar-refractivity contribution in [1.82, 2.24) is 9.38 Å². The molecule has 0 aliphatic carbocycles. The highest BCUT2D eigenvalue weighted by Crippen LogP contribution is 2.31. The lowest BCUT2D eigenvalue weighted by Crippen LogP contribution is -2.27. The van der Waals surface area contributed by atoms with Crippen LogP contribution in [0.1, 0.15) is 26.3 Å². The van der Waals surface area contributed by atoms with Crippen LogP contribution in [0.25, 0.3) is 16.9 Å². The van der Waals surface area contributed by atoms with E-state index in [9.17, 15) is 0 Å². The van der Waals surface area contributed by atoms with E-state index in [-0.39, 0.29) is 5.54 Å². The van der Waals surface area contributed by atoms with Gasteiger partial charge in [-0.3, -0.25) is 4.40 Å². The second kappa shape index (κ2) is 5.33. The Balaban J connectivity index is 2.23. The summed E-state index contributed by atoms with van der Waals surface area (Å²) in [6.07, 6.45) is 1.90. The van der Waals surface area contributed by atoms with Gasteiger partial charge < -0.3 is 5.32 Å². The minimum absolute atomic E-state index is 0.0717. The summed E-state index contributed by atoms with van der Waals surface area (Å²) in [5, 5.41) is 4.25. The van der Waals surface area contributed by atoms with E-state index in [1.54, 1.807) is 0 Å². The number of aromatic nitrogens is 2. The highest BCUT2D eigenvalue weighted by molar-refractivity contribution is 6.30. The number of aryl methyl sites for hydroxylation is 1. The number of pyridine rings is 1. The summed E-state index contributed by atoms with van der Waals surface area (Å²) in [5.74, 6) is 0.967. The molecule has 114 valence electrons. The van der Waals surface area contributed by atoms with Crippen molar-refractivity contribution in [3.63, 3.8) is 0 Å². The van der Waals surface area contributed by atoms with Gasteiger partial charge in [0.25, 0.3) is 0 Å². The number of anilines is 1. The molecule has 3 rings (SSSR count). The molecule has 3 nitrogen and oxygen atoms in total. The first-order valence-electron chi connectivity index (χ1n) is 7.36. The van der Waals surface area contributed by atoms with E-state index in [0.29, 0.717) is 5.02 Å². The molecule has 0 atom stereocenters. The second-order valence-corrected chi connectivity index (χ2v) is 7.06. The fourth-order valence-corrected chi connectivity index (χ4v) is 2.57. The minimum Gasteiger partial charge on any atom is -0.365 e. The van der Waals surface area contributed by atoms with E-state index in [0.717, 1.165) is 22.7 Å². The first-order valence-corrected chi connectivity index (χ1v) is 7.74. The van der Waals surface area contributed by atoms with Gasteiger partial charge >= 0.3 is 0 Å². The lowest BCUT2D eigenvalue weighted by molar-refractivity contribution is 0.629. The van der Waals surface area contributed by atoms with Crippen LogP contribution in [-0.2, 0) is 0 Å². The zero-order chi connectivity index (χ0) is 15.9. The number of hydrogen-bond donors (Lipinski definition) is 1. The average molecular weight is 314 g/mol. The Kier molecular flexibility index (Phi) is 3.61. The van der Waals surface area contributed by atoms with E-state index in [1.165, 1.54) is 5.56 Å². The van der Waals surface area contributed by atoms with Gasteiger partial charge in [0, 0.05) is 17.3 Å². The molecule has 0 spiro atoms. The molecule has 0 amide bonds. The van der Waals surface area contributed by atoms with Crippen molar-refractivity contribution in [3.05, 3.63) is 53.2 Å². The number of rotatable bonds is 2. The molecule has 0 radical (unpaired) electrons. The summed E-state index contributed by atoms with van der Waals surface area (Å²) in [4.78, 5) is 4.78. The van der Waals surface area contributed by atoms with Crippen molar-refractivity contribution < 1.29 is 0 Å². The summed E-state index contributed by atoms with van der Waals surface area (Å²) >= 11 is 6.16. The van der Waals surface area contributed by atoms with Crippen LogP contribution in [0.15, 0.2) is 42.6 Å². The number of nitrogens with one attached hydrogen (secondary N) is 1. The van der Waals surface area contributed by atoms with Crippen LogP contribution in [-0.4, -0.2) is 14.9 Å². The molecule has 0 aliphatic heterocycles. The van der Waals surface area contributed by atoms with Gasteiger partial charge in [-0.15, -0.1) is 0 Å². The molecule has 0 aliphatic rings. The minimum atomic E-state index is -0.0717. The van der Waals surface area contributed by atoms with Crippen molar-refractivity contribution in [2.24, 2.45) is 0 Å². The van der Waals surface area contributed by atoms with E-state index >= 15 is 0 Å². The average Bonchev–Trinajstić information content (AvgIpc) is 2.76. The molecule has 0 unspecified atom stereocenters. The predicted octanol–water partition coefficient (Wildman–Crippen LogP) is 5.17. The lowest BCUT2D eigenvalue weighted by Gasteiger charge is -2.22. The highest BCUT2D eigenvalue weighted by atomic mass is 35.5. The first kappa shape index (κ1) is 14.9. The third kappa shape index (κ3) is 2.95. The standard InChI is InChI=1S/C18H20ClN3/c1-12-5-7-13(8-6-12)16-17(21-18(2,3)4)22-11-14(19)9-10-15(22)20-16/h5-11,21H,1-4H3. The van der Waals surface area contributed by atoms with Crippen LogP contribution in [0, 0.1) is 6.92 Å². The zero-order valence-electron chi connectivity index (χ0n) is 13.3. The topological polar surface area (TPSA) is 29.3 Å². The fourth-order valence-electron chi connectivity index (χ4n) is 2.41. The number of benzene rings is 1. The van der Waals surface area contributed by atoms with Gasteiger partial charge in [0.15, 0.2) is 0 Å². The van der Waals surface area contributed by atoms with Crippen LogP contribution < -0.4 is 5.32 Å². The van der Waals surface area contributed by atoms with Crippen LogP contribution >= 0.6 is 11.6 Å². The van der Waals surface area contributed by atoms with E-state index < -0.39 is 0 Å². The maximum absolute atomic E-state index is 6.16. The van der Waals surface area contributed by atoms with Crippen LogP contribution in [0.5, 0.6) is 0 Å². The maximum atomic E-state index is 6.16. The third-order valence-corrected chi connectivity index (χ3v) is 3.62. The number of nitrogens with zero attached hydrogens (tertiary/aromatic N) is 2. The lowest BCUT2D eigenvalue weighted by atomic mass is 10.1. The molecule has 1 N–H and O–H groups in total. The summed E-state index contributed by atoms with van der Waals surface area (Å²) in [5.41, 5.74) is 4.08. The fraction of sp³-hybridized carbons (Fsp3) is 0.278. The van der Waals surface area contributed by atoms with Gasteiger partial charge in [0.2, 0.25) is 0 Å². The largest absolute Gasteiger partial charge is 0.365 e. The van der Waals surface area contributed by atoms with Gasteiger partial charge in [-0.25, -0.2) is 4.98 Å². The summed E-state index contributed by atoms with van der Waals surface area (Å²) in [6.45, 7) is 8.49. The highest BCUT2D eigenvalue weighted by Gasteiger charge is 2.19. The summed E-state index contributed by atoms with van der Waals surface area (Å²) in [7, 11) is 0. The van der Waals surface area contributed by atoms with Crippen molar-refractivity contribution in [1.29, 1.82) is 0 Å². The van der Waals surface area contributed by atoms with Crippen molar-refractivity contribution >= 4 is 23.1 Å². The molecule has 4 heteroatoms. The monoisotopic (exact) mass is 313 g/mol. The Hall–Kier alpha value is -2.00. The SMILES string of the molecule is Cc1ccc(-c2nc3ccc(Cl)cn3c2NC(C)(C)C)cc1. The molecule has 0 fully saturated rings. The Morgan fingerprint density at radius 2 is 1.73 bits per heavy atom. The number of halogens is 1. The molecule has 1 aromatic carbocycles. The van der Waals surface area contributed by atoms with Gasteiger partial charge in [0.05, 0.1) is 5.02 Å². The van der Waals surface area contributed by atoms with E-state index in [2.05, 4.69) is 57.3 Å². The molecule has 3 aromatic rings. The van der Waals surface area contributed by atoms with Gasteiger partial charge in [-0.05, 0) is 39.8 Å². The molecule has 0 saturated carbocycles. The van der Waals surface area contributed by atoms with Crippen LogP contribution in [0.2, 0.25) is 5.02 Å². The second-order valence-electron chi connectivity index (χ2n) is 6.63. The molecular weight excluding hydrogens is 294 g/mol. The Morgan fingerprint density at radius 1 is 1.05 bits per heavy atom. The Bertz CT molecular complexity index is 811. The Labute approximate surface area is 136 Å². The zero-order valence-corrected chi connectivity index (χ0v) is 14.1. The van der Waals surface area contributed by atoms with Crippen molar-refractivity contribution in [2.45, 2.75) is 33.2 Å². The number of imidazole rings is 1. The number of hydrogen-bond acceptors (Lipinski definition) is 2. The summed E-state index contributed by atoms with van der Waals surface area (Å²) in [6, 6.07) is 12.2. The summed E-state index contributed by atoms with van der Waals surface area (Å²) < 4.78 is 2.02. The molecule has 0 saturated heterocycles. The molecular formula is C18H20ClN3. The first-order chi connectivity index (χ1) is 10.3. The maximum Gasteiger partial charge on any atom is 0.139 e.